The summed E-state index contributed by atoms with van der Waals surface area (Å²) < 4.78 is 87.6. The predicted molar refractivity (Wildman–Crippen MR) is 92.5 cm³/mol. The van der Waals surface area contributed by atoms with Gasteiger partial charge in [-0.15, -0.1) is 0 Å². The first kappa shape index (κ1) is 21.4. The molecule has 0 aliphatic heterocycles. The Morgan fingerprint density at radius 2 is 0.880 bits per heavy atom. The van der Waals surface area contributed by atoms with Crippen LogP contribution in [0.2, 0.25) is 0 Å². The molecule has 0 N–H and O–H groups in total. The van der Waals surface area contributed by atoms with Gasteiger partial charge in [0, 0.05) is 0 Å². The first-order valence-electron chi connectivity index (χ1n) is 6.70. The SMILES string of the molecule is F[P](F)(F)(Cc1ccccc1)[Pd]([Cl])([Cl])[P](F)(F)(F)Cc1ccccc1. The van der Waals surface area contributed by atoms with E-state index in [2.05, 4.69) is 0 Å². The molecule has 11 heteroatoms. The van der Waals surface area contributed by atoms with Crippen molar-refractivity contribution in [1.29, 1.82) is 0 Å². The Morgan fingerprint density at radius 3 is 1.16 bits per heavy atom. The van der Waals surface area contributed by atoms with E-state index in [-0.39, 0.29) is 11.1 Å². The average Bonchev–Trinajstić information content (AvgIpc) is 2.46. The molecule has 0 saturated carbocycles. The van der Waals surface area contributed by atoms with Gasteiger partial charge >= 0.3 is 152 Å². The predicted octanol–water partition coefficient (Wildman–Crippen LogP) is 9.09. The van der Waals surface area contributed by atoms with Gasteiger partial charge in [0.1, 0.15) is 0 Å². The van der Waals surface area contributed by atoms with Crippen LogP contribution < -0.4 is 0 Å². The van der Waals surface area contributed by atoms with Crippen LogP contribution in [0.25, 0.3) is 0 Å². The Bertz CT molecular complexity index is 680. The second-order valence-corrected chi connectivity index (χ2v) is 33.6. The maximum atomic E-state index is 14.6. The Hall–Kier alpha value is 0.122. The normalized spacial score (nSPS) is 17.1. The van der Waals surface area contributed by atoms with Gasteiger partial charge in [-0.25, -0.2) is 0 Å². The Kier molecular flexibility index (Phi) is 5.68. The van der Waals surface area contributed by atoms with Crippen molar-refractivity contribution in [2.75, 3.05) is 0 Å². The van der Waals surface area contributed by atoms with E-state index >= 15 is 0 Å². The quantitative estimate of drug-likeness (QED) is 0.197. The molecule has 146 valence electrons. The first-order valence-corrected chi connectivity index (χ1v) is 18.7. The molecule has 0 saturated heterocycles. The molecule has 0 atom stereocenters. The van der Waals surface area contributed by atoms with E-state index in [1.807, 2.05) is 0 Å². The molecule has 0 unspecified atom stereocenters. The van der Waals surface area contributed by atoms with Crippen LogP contribution >= 0.6 is 30.5 Å². The van der Waals surface area contributed by atoms with Crippen LogP contribution in [0.15, 0.2) is 60.7 Å². The Morgan fingerprint density at radius 1 is 0.600 bits per heavy atom. The molecule has 0 amide bonds. The van der Waals surface area contributed by atoms with Crippen molar-refractivity contribution in [2.24, 2.45) is 0 Å². The van der Waals surface area contributed by atoms with Crippen LogP contribution in [0.3, 0.4) is 0 Å². The van der Waals surface area contributed by atoms with Crippen LogP contribution in [-0.2, 0) is 24.8 Å². The van der Waals surface area contributed by atoms with E-state index in [9.17, 15) is 25.2 Å². The van der Waals surface area contributed by atoms with Gasteiger partial charge in [-0.1, -0.05) is 0 Å². The molecule has 2 aromatic carbocycles. The summed E-state index contributed by atoms with van der Waals surface area (Å²) in [6, 6.07) is 12.8. The molecule has 25 heavy (non-hydrogen) atoms. The third kappa shape index (κ3) is 4.35. The molecular formula is C14H14Cl2F6P2Pd. The molecule has 2 aromatic rings. The van der Waals surface area contributed by atoms with Crippen LogP contribution in [0.4, 0.5) is 25.2 Å². The Balaban J connectivity index is 2.45. The summed E-state index contributed by atoms with van der Waals surface area (Å²) in [4.78, 5) is 0. The molecule has 0 aliphatic carbocycles. The van der Waals surface area contributed by atoms with Crippen LogP contribution in [0, 0.1) is 0 Å². The summed E-state index contributed by atoms with van der Waals surface area (Å²) in [6.45, 7) is 0. The molecule has 0 bridgehead atoms. The minimum absolute atomic E-state index is 0.263. The van der Waals surface area contributed by atoms with Gasteiger partial charge in [-0.3, -0.25) is 0 Å². The number of rotatable bonds is 6. The third-order valence-corrected chi connectivity index (χ3v) is 39.0. The zero-order valence-corrected chi connectivity index (χ0v) is 17.3. The molecule has 0 aliphatic rings. The second-order valence-electron chi connectivity index (χ2n) is 5.23. The van der Waals surface area contributed by atoms with Gasteiger partial charge in [-0.05, 0) is 0 Å². The van der Waals surface area contributed by atoms with E-state index in [0.717, 1.165) is 24.3 Å². The van der Waals surface area contributed by atoms with E-state index in [1.165, 1.54) is 36.4 Å². The monoisotopic (exact) mass is 534 g/mol. The van der Waals surface area contributed by atoms with Crippen molar-refractivity contribution in [3.8, 4) is 0 Å². The zero-order valence-electron chi connectivity index (χ0n) is 12.4. The molecule has 0 radical (unpaired) electrons. The van der Waals surface area contributed by atoms with E-state index in [4.69, 9.17) is 19.1 Å². The minimum atomic E-state index is -7.91. The van der Waals surface area contributed by atoms with Gasteiger partial charge in [0.15, 0.2) is 0 Å². The summed E-state index contributed by atoms with van der Waals surface area (Å²) in [6.07, 6.45) is -3.39. The summed E-state index contributed by atoms with van der Waals surface area (Å²) in [5.74, 6) is 0. The van der Waals surface area contributed by atoms with E-state index in [1.54, 1.807) is 0 Å². The summed E-state index contributed by atoms with van der Waals surface area (Å²) in [5.41, 5.74) is -16.4. The number of halogens is 8. The topological polar surface area (TPSA) is 0 Å². The van der Waals surface area contributed by atoms with E-state index < -0.39 is 36.3 Å². The fourth-order valence-electron chi connectivity index (χ4n) is 2.03. The number of hydrogen-bond donors (Lipinski definition) is 0. The van der Waals surface area contributed by atoms with Gasteiger partial charge in [0.2, 0.25) is 0 Å². The molecule has 2 rings (SSSR count). The first-order chi connectivity index (χ1) is 11.2. The van der Waals surface area contributed by atoms with Gasteiger partial charge < -0.3 is 0 Å². The molecule has 0 aromatic heterocycles. The van der Waals surface area contributed by atoms with Crippen LogP contribution in [-0.4, -0.2) is 0 Å². The molecular weight excluding hydrogens is 521 g/mol. The summed E-state index contributed by atoms with van der Waals surface area (Å²) >= 11 is -6.71. The van der Waals surface area contributed by atoms with Crippen molar-refractivity contribution in [3.63, 3.8) is 0 Å². The Labute approximate surface area is 152 Å². The van der Waals surface area contributed by atoms with Crippen LogP contribution in [0.1, 0.15) is 11.1 Å². The molecule has 0 spiro atoms. The van der Waals surface area contributed by atoms with Crippen LogP contribution in [0.5, 0.6) is 0 Å². The number of benzene rings is 2. The number of hydrogen-bond acceptors (Lipinski definition) is 0. The van der Waals surface area contributed by atoms with Crippen molar-refractivity contribution in [1.82, 2.24) is 0 Å². The maximum absolute atomic E-state index is 14.6. The second kappa shape index (κ2) is 6.62. The molecule has 0 nitrogen and oxygen atoms in total. The molecule has 0 fully saturated rings. The standard InChI is InChI=1S/2C7H7F3P.2ClH.Pd/c2*8-11(9,10)6-7-4-2-1-3-5-7;;;/h2*1-5H,6H2;2*1H;/q2*+1;;;/p-2. The third-order valence-electron chi connectivity index (χ3n) is 3.14. The van der Waals surface area contributed by atoms with E-state index in [0.29, 0.717) is 0 Å². The fraction of sp³-hybridized carbons (Fsp3) is 0.143. The molecule has 0 heterocycles. The van der Waals surface area contributed by atoms with Crippen molar-refractivity contribution < 1.29 is 37.7 Å². The average molecular weight is 536 g/mol. The fourth-order valence-corrected chi connectivity index (χ4v) is 22.7. The summed E-state index contributed by atoms with van der Waals surface area (Å²) in [5, 5.41) is 0. The van der Waals surface area contributed by atoms with Gasteiger partial charge in [0.25, 0.3) is 0 Å². The van der Waals surface area contributed by atoms with Gasteiger partial charge in [-0.2, -0.15) is 0 Å². The zero-order chi connectivity index (χ0) is 19.0. The van der Waals surface area contributed by atoms with Crippen molar-refractivity contribution in [2.45, 2.75) is 12.3 Å². The van der Waals surface area contributed by atoms with Crippen molar-refractivity contribution in [3.05, 3.63) is 71.8 Å². The summed E-state index contributed by atoms with van der Waals surface area (Å²) in [7, 11) is 10.6. The van der Waals surface area contributed by atoms with Crippen molar-refractivity contribution >= 4 is 30.5 Å². The van der Waals surface area contributed by atoms with Gasteiger partial charge in [0.05, 0.1) is 0 Å².